The molecular weight excluding hydrogens is 170 g/mol. The predicted octanol–water partition coefficient (Wildman–Crippen LogP) is 0.663. The van der Waals surface area contributed by atoms with Gasteiger partial charge in [0.1, 0.15) is 11.6 Å². The first-order valence-electron chi connectivity index (χ1n) is 3.55. The van der Waals surface area contributed by atoms with E-state index in [1.165, 1.54) is 0 Å². The molecule has 0 bridgehead atoms. The van der Waals surface area contributed by atoms with Gasteiger partial charge in [-0.1, -0.05) is 0 Å². The number of nitriles is 1. The van der Waals surface area contributed by atoms with E-state index in [4.69, 9.17) is 10.4 Å². The van der Waals surface area contributed by atoms with Crippen molar-refractivity contribution in [2.45, 2.75) is 13.8 Å². The Labute approximate surface area is 74.7 Å². The van der Waals surface area contributed by atoms with Crippen LogP contribution in [0.1, 0.15) is 27.6 Å². The number of aryl methyl sites for hydroxylation is 2. The smallest absolute Gasteiger partial charge is 0.339 e. The molecule has 1 aromatic heterocycles. The Hall–Kier alpha value is -1.96. The van der Waals surface area contributed by atoms with Gasteiger partial charge in [-0.2, -0.15) is 5.26 Å². The quantitative estimate of drug-likeness (QED) is 0.680. The SMILES string of the molecule is Cc1nc(C#N)nc(C)c1C(=O)O. The van der Waals surface area contributed by atoms with Crippen molar-refractivity contribution in [2.24, 2.45) is 0 Å². The zero-order valence-corrected chi connectivity index (χ0v) is 7.20. The number of carboxylic acid groups (broad SMARTS) is 1. The number of hydrogen-bond donors (Lipinski definition) is 1. The molecule has 0 aliphatic rings. The van der Waals surface area contributed by atoms with Crippen molar-refractivity contribution in [3.05, 3.63) is 22.8 Å². The Balaban J connectivity index is 3.42. The Morgan fingerprint density at radius 1 is 1.38 bits per heavy atom. The van der Waals surface area contributed by atoms with E-state index in [0.717, 1.165) is 0 Å². The van der Waals surface area contributed by atoms with Crippen LogP contribution in [-0.4, -0.2) is 21.0 Å². The third-order valence-electron chi connectivity index (χ3n) is 1.58. The standard InChI is InChI=1S/C8H7N3O2/c1-4-7(8(12)13)5(2)11-6(3-9)10-4/h1-2H3,(H,12,13). The summed E-state index contributed by atoms with van der Waals surface area (Å²) in [7, 11) is 0. The van der Waals surface area contributed by atoms with E-state index in [1.807, 2.05) is 0 Å². The van der Waals surface area contributed by atoms with E-state index in [9.17, 15) is 4.79 Å². The Morgan fingerprint density at radius 2 is 1.85 bits per heavy atom. The van der Waals surface area contributed by atoms with E-state index >= 15 is 0 Å². The van der Waals surface area contributed by atoms with Gasteiger partial charge in [0, 0.05) is 0 Å². The molecule has 0 saturated heterocycles. The summed E-state index contributed by atoms with van der Waals surface area (Å²) in [5.74, 6) is -1.07. The number of aromatic carboxylic acids is 1. The zero-order chi connectivity index (χ0) is 10.0. The minimum Gasteiger partial charge on any atom is -0.478 e. The molecule has 13 heavy (non-hydrogen) atoms. The zero-order valence-electron chi connectivity index (χ0n) is 7.20. The van der Waals surface area contributed by atoms with Gasteiger partial charge in [-0.15, -0.1) is 0 Å². The second-order valence-corrected chi connectivity index (χ2v) is 2.51. The lowest BCUT2D eigenvalue weighted by molar-refractivity contribution is 0.0694. The van der Waals surface area contributed by atoms with E-state index in [1.54, 1.807) is 19.9 Å². The van der Waals surface area contributed by atoms with Gasteiger partial charge in [-0.3, -0.25) is 0 Å². The van der Waals surface area contributed by atoms with Gasteiger partial charge in [0.2, 0.25) is 5.82 Å². The van der Waals surface area contributed by atoms with E-state index in [-0.39, 0.29) is 11.4 Å². The molecule has 0 atom stereocenters. The monoisotopic (exact) mass is 177 g/mol. The molecule has 0 spiro atoms. The molecule has 5 heteroatoms. The van der Waals surface area contributed by atoms with Crippen molar-refractivity contribution >= 4 is 5.97 Å². The third kappa shape index (κ3) is 1.62. The fourth-order valence-electron chi connectivity index (χ4n) is 1.08. The molecule has 1 rings (SSSR count). The normalized spacial score (nSPS) is 9.31. The second-order valence-electron chi connectivity index (χ2n) is 2.51. The predicted molar refractivity (Wildman–Crippen MR) is 43.2 cm³/mol. The van der Waals surface area contributed by atoms with Crippen molar-refractivity contribution in [1.82, 2.24) is 9.97 Å². The lowest BCUT2D eigenvalue weighted by Crippen LogP contribution is -2.08. The van der Waals surface area contributed by atoms with Gasteiger partial charge in [0.15, 0.2) is 0 Å². The largest absolute Gasteiger partial charge is 0.478 e. The molecule has 0 amide bonds. The number of hydrogen-bond acceptors (Lipinski definition) is 4. The maximum Gasteiger partial charge on any atom is 0.339 e. The summed E-state index contributed by atoms with van der Waals surface area (Å²) < 4.78 is 0. The first-order valence-corrected chi connectivity index (χ1v) is 3.55. The van der Waals surface area contributed by atoms with Crippen LogP contribution in [0.15, 0.2) is 0 Å². The molecule has 1 N–H and O–H groups in total. The number of aromatic nitrogens is 2. The first kappa shape index (κ1) is 9.13. The lowest BCUT2D eigenvalue weighted by Gasteiger charge is -2.02. The van der Waals surface area contributed by atoms with Crippen molar-refractivity contribution in [3.8, 4) is 6.07 Å². The van der Waals surface area contributed by atoms with Crippen LogP contribution < -0.4 is 0 Å². The van der Waals surface area contributed by atoms with Crippen LogP contribution in [0, 0.1) is 25.2 Å². The number of nitrogens with zero attached hydrogens (tertiary/aromatic N) is 3. The van der Waals surface area contributed by atoms with Gasteiger partial charge in [0.25, 0.3) is 0 Å². The number of rotatable bonds is 1. The fourth-order valence-corrected chi connectivity index (χ4v) is 1.08. The van der Waals surface area contributed by atoms with E-state index < -0.39 is 5.97 Å². The van der Waals surface area contributed by atoms with Crippen molar-refractivity contribution < 1.29 is 9.90 Å². The molecule has 5 nitrogen and oxygen atoms in total. The maximum atomic E-state index is 10.7. The Morgan fingerprint density at radius 3 is 2.15 bits per heavy atom. The topological polar surface area (TPSA) is 86.9 Å². The van der Waals surface area contributed by atoms with Gasteiger partial charge in [0.05, 0.1) is 11.4 Å². The molecule has 0 radical (unpaired) electrons. The van der Waals surface area contributed by atoms with E-state index in [0.29, 0.717) is 11.4 Å². The third-order valence-corrected chi connectivity index (χ3v) is 1.58. The highest BCUT2D eigenvalue weighted by molar-refractivity contribution is 5.89. The van der Waals surface area contributed by atoms with Crippen LogP contribution in [0.25, 0.3) is 0 Å². The summed E-state index contributed by atoms with van der Waals surface area (Å²) >= 11 is 0. The van der Waals surface area contributed by atoms with Gasteiger partial charge in [-0.05, 0) is 13.8 Å². The molecular formula is C8H7N3O2. The molecule has 0 unspecified atom stereocenters. The highest BCUT2D eigenvalue weighted by Crippen LogP contribution is 2.09. The molecule has 0 aromatic carbocycles. The molecule has 0 fully saturated rings. The van der Waals surface area contributed by atoms with Crippen LogP contribution in [0.5, 0.6) is 0 Å². The fraction of sp³-hybridized carbons (Fsp3) is 0.250. The summed E-state index contributed by atoms with van der Waals surface area (Å²) in [4.78, 5) is 18.1. The van der Waals surface area contributed by atoms with Crippen LogP contribution in [0.3, 0.4) is 0 Å². The summed E-state index contributed by atoms with van der Waals surface area (Å²) in [5.41, 5.74) is 0.701. The van der Waals surface area contributed by atoms with Crippen molar-refractivity contribution in [3.63, 3.8) is 0 Å². The summed E-state index contributed by atoms with van der Waals surface area (Å²) in [6.45, 7) is 3.08. The van der Waals surface area contributed by atoms with Crippen molar-refractivity contribution in [2.75, 3.05) is 0 Å². The van der Waals surface area contributed by atoms with Crippen LogP contribution in [-0.2, 0) is 0 Å². The minimum atomic E-state index is -1.07. The van der Waals surface area contributed by atoms with Gasteiger partial charge >= 0.3 is 5.97 Å². The summed E-state index contributed by atoms with van der Waals surface area (Å²) in [6, 6.07) is 1.76. The molecule has 0 aliphatic heterocycles. The second kappa shape index (κ2) is 3.19. The van der Waals surface area contributed by atoms with Gasteiger partial charge in [-0.25, -0.2) is 14.8 Å². The maximum absolute atomic E-state index is 10.7. The number of carboxylic acids is 1. The average molecular weight is 177 g/mol. The Kier molecular flexibility index (Phi) is 2.24. The first-order chi connectivity index (χ1) is 6.06. The van der Waals surface area contributed by atoms with E-state index in [2.05, 4.69) is 9.97 Å². The molecule has 0 aliphatic carbocycles. The molecule has 1 aromatic rings. The van der Waals surface area contributed by atoms with Crippen LogP contribution >= 0.6 is 0 Å². The molecule has 1 heterocycles. The highest BCUT2D eigenvalue weighted by atomic mass is 16.4. The Bertz CT molecular complexity index is 383. The summed E-state index contributed by atoms with van der Waals surface area (Å²) in [5, 5.41) is 17.2. The van der Waals surface area contributed by atoms with Crippen LogP contribution in [0.4, 0.5) is 0 Å². The minimum absolute atomic E-state index is 0.000000000000000222. The lowest BCUT2D eigenvalue weighted by atomic mass is 10.2. The van der Waals surface area contributed by atoms with Gasteiger partial charge < -0.3 is 5.11 Å². The molecule has 66 valence electrons. The van der Waals surface area contributed by atoms with Crippen molar-refractivity contribution in [1.29, 1.82) is 5.26 Å². The van der Waals surface area contributed by atoms with Crippen LogP contribution in [0.2, 0.25) is 0 Å². The average Bonchev–Trinajstić information content (AvgIpc) is 2.02. The number of carbonyl (C=O) groups is 1. The summed E-state index contributed by atoms with van der Waals surface area (Å²) in [6.07, 6.45) is 0. The molecule has 0 saturated carbocycles. The highest BCUT2D eigenvalue weighted by Gasteiger charge is 2.14.